The molecular formula is C15H13N2O5S-. The predicted octanol–water partition coefficient (Wildman–Crippen LogP) is 0.312. The molecule has 0 atom stereocenters. The van der Waals surface area contributed by atoms with Gasteiger partial charge in [0.05, 0.1) is 18.8 Å². The maximum absolute atomic E-state index is 12.1. The van der Waals surface area contributed by atoms with Gasteiger partial charge in [0.2, 0.25) is 0 Å². The van der Waals surface area contributed by atoms with Crippen molar-refractivity contribution in [1.29, 1.82) is 0 Å². The van der Waals surface area contributed by atoms with Gasteiger partial charge in [0.15, 0.2) is 4.80 Å². The van der Waals surface area contributed by atoms with Gasteiger partial charge in [-0.25, -0.2) is 9.79 Å². The van der Waals surface area contributed by atoms with Crippen molar-refractivity contribution >= 4 is 29.0 Å². The molecule has 0 amide bonds. The van der Waals surface area contributed by atoms with Crippen LogP contribution in [0.2, 0.25) is 0 Å². The van der Waals surface area contributed by atoms with E-state index in [2.05, 4.69) is 9.73 Å². The van der Waals surface area contributed by atoms with Gasteiger partial charge >= 0.3 is 5.97 Å². The summed E-state index contributed by atoms with van der Waals surface area (Å²) < 4.78 is 6.03. The molecule has 0 fully saturated rings. The van der Waals surface area contributed by atoms with Crippen molar-refractivity contribution in [3.05, 3.63) is 55.9 Å². The molecule has 0 saturated heterocycles. The van der Waals surface area contributed by atoms with Gasteiger partial charge in [0, 0.05) is 12.6 Å². The quantitative estimate of drug-likeness (QED) is 0.750. The Morgan fingerprint density at radius 2 is 1.96 bits per heavy atom. The molecule has 23 heavy (non-hydrogen) atoms. The molecule has 8 heteroatoms. The normalized spacial score (nSPS) is 11.3. The van der Waals surface area contributed by atoms with E-state index < -0.39 is 11.9 Å². The number of ether oxygens (including phenoxy) is 1. The number of rotatable bonds is 4. The summed E-state index contributed by atoms with van der Waals surface area (Å²) in [4.78, 5) is 39.2. The summed E-state index contributed by atoms with van der Waals surface area (Å²) in [6, 6.07) is 6.91. The first-order chi connectivity index (χ1) is 11.0. The van der Waals surface area contributed by atoms with Crippen LogP contribution in [0.4, 0.5) is 5.69 Å². The maximum Gasteiger partial charge on any atom is 0.348 e. The summed E-state index contributed by atoms with van der Waals surface area (Å²) in [5.74, 6) is -1.89. The Labute approximate surface area is 135 Å². The number of carboxylic acid groups (broad SMARTS) is 1. The van der Waals surface area contributed by atoms with Crippen LogP contribution in [0.1, 0.15) is 27.0 Å². The highest BCUT2D eigenvalue weighted by atomic mass is 32.1. The Morgan fingerprint density at radius 1 is 1.30 bits per heavy atom. The van der Waals surface area contributed by atoms with Crippen molar-refractivity contribution in [1.82, 2.24) is 4.57 Å². The van der Waals surface area contributed by atoms with Crippen molar-refractivity contribution < 1.29 is 19.4 Å². The lowest BCUT2D eigenvalue weighted by atomic mass is 10.2. The SMILES string of the molecule is CCn1c(=O)cc(C(=O)OC)sc1=Nc1ccc(C(=O)[O-])cc1. The number of nitrogens with zero attached hydrogens (tertiary/aromatic N) is 2. The summed E-state index contributed by atoms with van der Waals surface area (Å²) in [6.45, 7) is 2.16. The topological polar surface area (TPSA) is 101 Å². The largest absolute Gasteiger partial charge is 0.545 e. The number of carbonyl (C=O) groups is 2. The van der Waals surface area contributed by atoms with Crippen LogP contribution in [-0.4, -0.2) is 23.6 Å². The van der Waals surface area contributed by atoms with E-state index in [-0.39, 0.29) is 16.0 Å². The maximum atomic E-state index is 12.1. The van der Waals surface area contributed by atoms with Crippen molar-refractivity contribution in [2.75, 3.05) is 7.11 Å². The molecule has 7 nitrogen and oxygen atoms in total. The van der Waals surface area contributed by atoms with Gasteiger partial charge in [-0.15, -0.1) is 0 Å². The lowest BCUT2D eigenvalue weighted by Gasteiger charge is -2.05. The summed E-state index contributed by atoms with van der Waals surface area (Å²) in [5, 5.41) is 10.7. The minimum absolute atomic E-state index is 0.0313. The molecule has 2 aromatic rings. The smallest absolute Gasteiger partial charge is 0.348 e. The second-order valence-corrected chi connectivity index (χ2v) is 5.42. The monoisotopic (exact) mass is 333 g/mol. The van der Waals surface area contributed by atoms with Gasteiger partial charge in [0.1, 0.15) is 4.88 Å². The van der Waals surface area contributed by atoms with Gasteiger partial charge in [-0.05, 0) is 24.6 Å². The van der Waals surface area contributed by atoms with E-state index in [0.717, 1.165) is 11.3 Å². The van der Waals surface area contributed by atoms with Crippen LogP contribution in [-0.2, 0) is 11.3 Å². The van der Waals surface area contributed by atoms with Crippen LogP contribution in [0.3, 0.4) is 0 Å². The summed E-state index contributed by atoms with van der Waals surface area (Å²) in [7, 11) is 1.23. The highest BCUT2D eigenvalue weighted by Crippen LogP contribution is 2.12. The fourth-order valence-electron chi connectivity index (χ4n) is 1.83. The Morgan fingerprint density at radius 3 is 2.48 bits per heavy atom. The van der Waals surface area contributed by atoms with E-state index >= 15 is 0 Å². The lowest BCUT2D eigenvalue weighted by Crippen LogP contribution is -2.31. The zero-order valence-corrected chi connectivity index (χ0v) is 13.3. The number of benzene rings is 1. The molecule has 0 bridgehead atoms. The molecule has 0 N–H and O–H groups in total. The zero-order chi connectivity index (χ0) is 17.0. The molecule has 0 aliphatic heterocycles. The van der Waals surface area contributed by atoms with Crippen LogP contribution in [0.15, 0.2) is 40.1 Å². The molecular weight excluding hydrogens is 320 g/mol. The van der Waals surface area contributed by atoms with Crippen molar-refractivity contribution in [2.24, 2.45) is 4.99 Å². The van der Waals surface area contributed by atoms with Crippen molar-refractivity contribution in [3.8, 4) is 0 Å². The highest BCUT2D eigenvalue weighted by Gasteiger charge is 2.10. The molecule has 1 aromatic carbocycles. The van der Waals surface area contributed by atoms with Crippen LogP contribution in [0, 0.1) is 0 Å². The molecule has 1 aromatic heterocycles. The third-order valence-corrected chi connectivity index (χ3v) is 3.98. The Kier molecular flexibility index (Phi) is 5.07. The molecule has 120 valence electrons. The van der Waals surface area contributed by atoms with Crippen LogP contribution >= 0.6 is 11.3 Å². The van der Waals surface area contributed by atoms with E-state index in [1.165, 1.54) is 42.0 Å². The molecule has 0 spiro atoms. The van der Waals surface area contributed by atoms with E-state index in [0.29, 0.717) is 17.0 Å². The average Bonchev–Trinajstić information content (AvgIpc) is 2.54. The third-order valence-electron chi connectivity index (χ3n) is 2.98. The molecule has 0 saturated carbocycles. The summed E-state index contributed by atoms with van der Waals surface area (Å²) in [6.07, 6.45) is 0. The predicted molar refractivity (Wildman–Crippen MR) is 81.6 cm³/mol. The van der Waals surface area contributed by atoms with Crippen molar-refractivity contribution in [3.63, 3.8) is 0 Å². The van der Waals surface area contributed by atoms with E-state index in [1.54, 1.807) is 6.92 Å². The number of hydrogen-bond donors (Lipinski definition) is 0. The van der Waals surface area contributed by atoms with Gasteiger partial charge in [-0.2, -0.15) is 0 Å². The van der Waals surface area contributed by atoms with Crippen molar-refractivity contribution in [2.45, 2.75) is 13.5 Å². The fraction of sp³-hybridized carbons (Fsp3) is 0.200. The molecule has 0 aliphatic carbocycles. The molecule has 2 rings (SSSR count). The second kappa shape index (κ2) is 7.01. The first-order valence-electron chi connectivity index (χ1n) is 6.65. The number of esters is 1. The van der Waals surface area contributed by atoms with Crippen LogP contribution < -0.4 is 15.5 Å². The number of methoxy groups -OCH3 is 1. The van der Waals surface area contributed by atoms with Gasteiger partial charge in [-0.3, -0.25) is 9.36 Å². The Bertz CT molecular complexity index is 865. The molecule has 0 aliphatic rings. The van der Waals surface area contributed by atoms with E-state index in [9.17, 15) is 19.5 Å². The average molecular weight is 333 g/mol. The lowest BCUT2D eigenvalue weighted by molar-refractivity contribution is -0.255. The van der Waals surface area contributed by atoms with Gasteiger partial charge < -0.3 is 14.6 Å². The summed E-state index contributed by atoms with van der Waals surface area (Å²) >= 11 is 1.02. The van der Waals surface area contributed by atoms with E-state index in [4.69, 9.17) is 0 Å². The minimum atomic E-state index is -1.28. The minimum Gasteiger partial charge on any atom is -0.545 e. The standard InChI is InChI=1S/C15H14N2O5S/c1-3-17-12(18)8-11(14(21)22-2)23-15(17)16-10-6-4-9(5-7-10)13(19)20/h4-8H,3H2,1-2H3,(H,19,20)/p-1. The number of carboxylic acids is 1. The van der Waals surface area contributed by atoms with Gasteiger partial charge in [0.25, 0.3) is 5.56 Å². The zero-order valence-electron chi connectivity index (χ0n) is 12.4. The highest BCUT2D eigenvalue weighted by molar-refractivity contribution is 7.11. The van der Waals surface area contributed by atoms with Crippen LogP contribution in [0.25, 0.3) is 0 Å². The number of carbonyl (C=O) groups excluding carboxylic acids is 2. The number of hydrogen-bond acceptors (Lipinski definition) is 7. The van der Waals surface area contributed by atoms with Gasteiger partial charge in [-0.1, -0.05) is 23.5 Å². The number of aromatic nitrogens is 1. The van der Waals surface area contributed by atoms with E-state index in [1.807, 2.05) is 0 Å². The summed E-state index contributed by atoms with van der Waals surface area (Å²) in [5.41, 5.74) is 0.121. The fourth-order valence-corrected chi connectivity index (χ4v) is 2.83. The third kappa shape index (κ3) is 3.72. The molecule has 1 heterocycles. The van der Waals surface area contributed by atoms with Crippen LogP contribution in [0.5, 0.6) is 0 Å². The Hall–Kier alpha value is -2.74. The Balaban J connectivity index is 2.60. The molecule has 0 radical (unpaired) electrons. The molecule has 0 unspecified atom stereocenters. The number of aromatic carboxylic acids is 1. The first kappa shape index (κ1) is 16.6. The first-order valence-corrected chi connectivity index (χ1v) is 7.47. The second-order valence-electron chi connectivity index (χ2n) is 4.41.